The van der Waals surface area contributed by atoms with E-state index in [1.54, 1.807) is 0 Å². The quantitative estimate of drug-likeness (QED) is 0.724. The zero-order valence-electron chi connectivity index (χ0n) is 9.86. The molecule has 0 aromatic rings. The van der Waals surface area contributed by atoms with E-state index >= 15 is 0 Å². The van der Waals surface area contributed by atoms with Crippen molar-refractivity contribution < 1.29 is 5.11 Å². The van der Waals surface area contributed by atoms with Crippen LogP contribution in [0.1, 0.15) is 19.8 Å². The zero-order valence-corrected chi connectivity index (χ0v) is 9.86. The van der Waals surface area contributed by atoms with Crippen LogP contribution in [-0.4, -0.2) is 60.8 Å². The maximum Gasteiger partial charge on any atom is 0.0468 e. The van der Waals surface area contributed by atoms with Crippen molar-refractivity contribution in [3.63, 3.8) is 0 Å². The Morgan fingerprint density at radius 3 is 2.27 bits per heavy atom. The fraction of sp³-hybridized carbons (Fsp3) is 1.00. The number of rotatable bonds is 5. The first-order valence-electron chi connectivity index (χ1n) is 6.33. The molecule has 1 heterocycles. The molecule has 0 aromatic carbocycles. The van der Waals surface area contributed by atoms with Crippen molar-refractivity contribution >= 4 is 0 Å². The minimum Gasteiger partial charge on any atom is -0.396 e. The fourth-order valence-electron chi connectivity index (χ4n) is 2.32. The molecule has 0 bridgehead atoms. The van der Waals surface area contributed by atoms with Crippen molar-refractivity contribution in [3.8, 4) is 0 Å². The van der Waals surface area contributed by atoms with E-state index in [0.29, 0.717) is 12.5 Å². The molecule has 0 amide bonds. The van der Waals surface area contributed by atoms with Gasteiger partial charge in [0, 0.05) is 45.9 Å². The second kappa shape index (κ2) is 5.28. The highest BCUT2D eigenvalue weighted by molar-refractivity contribution is 4.80. The summed E-state index contributed by atoms with van der Waals surface area (Å²) >= 11 is 0. The van der Waals surface area contributed by atoms with E-state index in [9.17, 15) is 0 Å². The third-order valence-corrected chi connectivity index (χ3v) is 3.56. The summed E-state index contributed by atoms with van der Waals surface area (Å²) in [4.78, 5) is 5.10. The molecule has 0 spiro atoms. The molecule has 2 aliphatic rings. The number of nitrogens with zero attached hydrogens (tertiary/aromatic N) is 2. The van der Waals surface area contributed by atoms with Crippen LogP contribution in [0.25, 0.3) is 0 Å². The van der Waals surface area contributed by atoms with Gasteiger partial charge in [-0.25, -0.2) is 0 Å². The van der Waals surface area contributed by atoms with Crippen molar-refractivity contribution in [1.82, 2.24) is 9.80 Å². The van der Waals surface area contributed by atoms with E-state index in [1.165, 1.54) is 45.6 Å². The van der Waals surface area contributed by atoms with E-state index in [4.69, 9.17) is 5.11 Å². The number of hydrogen-bond acceptors (Lipinski definition) is 3. The normalized spacial score (nSPS) is 26.8. The van der Waals surface area contributed by atoms with Crippen molar-refractivity contribution in [1.29, 1.82) is 0 Å². The van der Waals surface area contributed by atoms with E-state index in [0.717, 1.165) is 12.5 Å². The maximum atomic E-state index is 9.01. The molecule has 1 saturated carbocycles. The second-order valence-corrected chi connectivity index (χ2v) is 5.33. The van der Waals surface area contributed by atoms with Gasteiger partial charge in [-0.3, -0.25) is 0 Å². The Hall–Kier alpha value is -0.120. The Balaban J connectivity index is 1.62. The van der Waals surface area contributed by atoms with Crippen LogP contribution < -0.4 is 0 Å². The first-order valence-corrected chi connectivity index (χ1v) is 6.33. The average Bonchev–Trinajstić information content (AvgIpc) is 3.05. The maximum absolute atomic E-state index is 9.01. The topological polar surface area (TPSA) is 26.7 Å². The third-order valence-electron chi connectivity index (χ3n) is 3.56. The Morgan fingerprint density at radius 2 is 1.73 bits per heavy atom. The summed E-state index contributed by atoms with van der Waals surface area (Å²) in [5.74, 6) is 1.45. The molecule has 15 heavy (non-hydrogen) atoms. The molecular formula is C12H24N2O. The van der Waals surface area contributed by atoms with Gasteiger partial charge in [0.05, 0.1) is 0 Å². The lowest BCUT2D eigenvalue weighted by Gasteiger charge is -2.35. The van der Waals surface area contributed by atoms with Crippen molar-refractivity contribution in [2.45, 2.75) is 19.8 Å². The van der Waals surface area contributed by atoms with Crippen LogP contribution in [0, 0.1) is 11.8 Å². The summed E-state index contributed by atoms with van der Waals surface area (Å²) in [7, 11) is 0. The molecule has 1 saturated heterocycles. The first-order chi connectivity index (χ1) is 7.28. The summed E-state index contributed by atoms with van der Waals surface area (Å²) in [6.07, 6.45) is 2.92. The average molecular weight is 212 g/mol. The lowest BCUT2D eigenvalue weighted by atomic mass is 10.1. The van der Waals surface area contributed by atoms with E-state index in [1.807, 2.05) is 0 Å². The van der Waals surface area contributed by atoms with E-state index in [-0.39, 0.29) is 0 Å². The highest BCUT2D eigenvalue weighted by Crippen LogP contribution is 2.29. The van der Waals surface area contributed by atoms with Crippen LogP contribution in [0.5, 0.6) is 0 Å². The summed E-state index contributed by atoms with van der Waals surface area (Å²) < 4.78 is 0. The largest absolute Gasteiger partial charge is 0.396 e. The molecule has 1 N–H and O–H groups in total. The van der Waals surface area contributed by atoms with Gasteiger partial charge in [-0.15, -0.1) is 0 Å². The molecule has 1 aliphatic carbocycles. The molecule has 0 radical (unpaired) electrons. The number of aliphatic hydroxyl groups is 1. The first kappa shape index (κ1) is 11.4. The number of piperazine rings is 1. The van der Waals surface area contributed by atoms with Crippen LogP contribution in [0.15, 0.2) is 0 Å². The summed E-state index contributed by atoms with van der Waals surface area (Å²) in [6.45, 7) is 9.69. The molecule has 1 atom stereocenters. The highest BCUT2D eigenvalue weighted by atomic mass is 16.3. The van der Waals surface area contributed by atoms with E-state index < -0.39 is 0 Å². The summed E-state index contributed by atoms with van der Waals surface area (Å²) in [5.41, 5.74) is 0. The number of aliphatic hydroxyl groups excluding tert-OH is 1. The SMILES string of the molecule is CC(CO)CN1CCN(CC2CC2)CC1. The highest BCUT2D eigenvalue weighted by Gasteiger charge is 2.26. The minimum absolute atomic E-state index is 0.322. The van der Waals surface area contributed by atoms with Gasteiger partial charge in [0.15, 0.2) is 0 Å². The predicted octanol–water partition coefficient (Wildman–Crippen LogP) is 0.642. The van der Waals surface area contributed by atoms with Crippen LogP contribution in [-0.2, 0) is 0 Å². The standard InChI is InChI=1S/C12H24N2O/c1-11(10-15)8-13-4-6-14(7-5-13)9-12-2-3-12/h11-12,15H,2-10H2,1H3. The van der Waals surface area contributed by atoms with Gasteiger partial charge in [-0.2, -0.15) is 0 Å². The van der Waals surface area contributed by atoms with Crippen molar-refractivity contribution in [2.24, 2.45) is 11.8 Å². The molecule has 88 valence electrons. The molecule has 1 unspecified atom stereocenters. The van der Waals surface area contributed by atoms with Crippen LogP contribution in [0.3, 0.4) is 0 Å². The lowest BCUT2D eigenvalue weighted by molar-refractivity contribution is 0.102. The summed E-state index contributed by atoms with van der Waals surface area (Å²) in [6, 6.07) is 0. The van der Waals surface area contributed by atoms with Crippen molar-refractivity contribution in [2.75, 3.05) is 45.9 Å². The molecular weight excluding hydrogens is 188 g/mol. The molecule has 3 heteroatoms. The fourth-order valence-corrected chi connectivity index (χ4v) is 2.32. The smallest absolute Gasteiger partial charge is 0.0468 e. The van der Waals surface area contributed by atoms with E-state index in [2.05, 4.69) is 16.7 Å². The van der Waals surface area contributed by atoms with Gasteiger partial charge in [-0.1, -0.05) is 6.92 Å². The minimum atomic E-state index is 0.322. The van der Waals surface area contributed by atoms with Gasteiger partial charge in [-0.05, 0) is 24.7 Å². The Bertz CT molecular complexity index is 186. The third kappa shape index (κ3) is 3.74. The predicted molar refractivity (Wildman–Crippen MR) is 61.9 cm³/mol. The van der Waals surface area contributed by atoms with Gasteiger partial charge >= 0.3 is 0 Å². The number of hydrogen-bond donors (Lipinski definition) is 1. The summed E-state index contributed by atoms with van der Waals surface area (Å²) in [5, 5.41) is 9.01. The van der Waals surface area contributed by atoms with Crippen molar-refractivity contribution in [3.05, 3.63) is 0 Å². The lowest BCUT2D eigenvalue weighted by Crippen LogP contribution is -2.48. The van der Waals surface area contributed by atoms with Gasteiger partial charge in [0.2, 0.25) is 0 Å². The van der Waals surface area contributed by atoms with Gasteiger partial charge in [0.25, 0.3) is 0 Å². The molecule has 1 aliphatic heterocycles. The Labute approximate surface area is 93.1 Å². The molecule has 3 nitrogen and oxygen atoms in total. The monoisotopic (exact) mass is 212 g/mol. The van der Waals surface area contributed by atoms with Crippen LogP contribution >= 0.6 is 0 Å². The van der Waals surface area contributed by atoms with Crippen LogP contribution in [0.2, 0.25) is 0 Å². The second-order valence-electron chi connectivity index (χ2n) is 5.33. The zero-order chi connectivity index (χ0) is 10.7. The van der Waals surface area contributed by atoms with Gasteiger partial charge < -0.3 is 14.9 Å². The molecule has 2 rings (SSSR count). The van der Waals surface area contributed by atoms with Gasteiger partial charge in [0.1, 0.15) is 0 Å². The molecule has 2 fully saturated rings. The Morgan fingerprint density at radius 1 is 1.13 bits per heavy atom. The van der Waals surface area contributed by atoms with Crippen LogP contribution in [0.4, 0.5) is 0 Å². The Kier molecular flexibility index (Phi) is 4.00. The molecule has 0 aromatic heterocycles.